The third kappa shape index (κ3) is 4.85. The number of thioether (sulfide) groups is 1. The van der Waals surface area contributed by atoms with E-state index in [4.69, 9.17) is 9.47 Å². The van der Waals surface area contributed by atoms with Gasteiger partial charge in [0.15, 0.2) is 0 Å². The number of carbonyl (C=O) groups excluding carboxylic acids is 3. The van der Waals surface area contributed by atoms with E-state index in [1.54, 1.807) is 20.8 Å². The minimum atomic E-state index is -1.59. The second-order valence-corrected chi connectivity index (χ2v) is 9.68. The molecular formula is C24H30N2O6S. The Morgan fingerprint density at radius 3 is 2.61 bits per heavy atom. The van der Waals surface area contributed by atoms with Crippen molar-refractivity contribution in [2.75, 3.05) is 7.11 Å². The van der Waals surface area contributed by atoms with Crippen LogP contribution in [0, 0.1) is 0 Å². The van der Waals surface area contributed by atoms with Crippen LogP contribution < -0.4 is 5.32 Å². The Morgan fingerprint density at radius 2 is 2.03 bits per heavy atom. The van der Waals surface area contributed by atoms with Crippen LogP contribution in [0.2, 0.25) is 0 Å². The SMILES string of the molecule is C=CC(C)(C)OC(=O)C1S[C@H]2N(C=C1C(O)Cc1ccccc1)C(=O)C2(NC(=O)CC)OC. The second-order valence-electron chi connectivity index (χ2n) is 8.49. The van der Waals surface area contributed by atoms with Crippen LogP contribution in [-0.2, 0) is 30.3 Å². The van der Waals surface area contributed by atoms with Crippen molar-refractivity contribution in [3.8, 4) is 0 Å². The maximum absolute atomic E-state index is 13.2. The lowest BCUT2D eigenvalue weighted by Gasteiger charge is -2.55. The van der Waals surface area contributed by atoms with Gasteiger partial charge in [0.1, 0.15) is 16.2 Å². The number of fused-ring (bicyclic) bond motifs is 1. The molecule has 8 nitrogen and oxygen atoms in total. The molecule has 1 aromatic carbocycles. The van der Waals surface area contributed by atoms with E-state index < -0.39 is 39.9 Å². The van der Waals surface area contributed by atoms with Crippen molar-refractivity contribution in [1.82, 2.24) is 10.2 Å². The molecule has 2 aliphatic heterocycles. The molecule has 1 aromatic rings. The molecule has 0 bridgehead atoms. The number of β-lactam (4-membered cyclic amide) rings is 1. The van der Waals surface area contributed by atoms with Gasteiger partial charge in [-0.3, -0.25) is 19.3 Å². The predicted octanol–water partition coefficient (Wildman–Crippen LogP) is 2.13. The Hall–Kier alpha value is -2.62. The summed E-state index contributed by atoms with van der Waals surface area (Å²) in [4.78, 5) is 39.7. The molecule has 33 heavy (non-hydrogen) atoms. The van der Waals surface area contributed by atoms with Crippen LogP contribution in [0.1, 0.15) is 32.8 Å². The fraction of sp³-hybridized carbons (Fsp3) is 0.458. The molecular weight excluding hydrogens is 444 g/mol. The highest BCUT2D eigenvalue weighted by Gasteiger charge is 2.65. The smallest absolute Gasteiger partial charge is 0.324 e. The molecule has 9 heteroatoms. The van der Waals surface area contributed by atoms with Crippen LogP contribution in [0.3, 0.4) is 0 Å². The van der Waals surface area contributed by atoms with Crippen molar-refractivity contribution in [2.45, 2.75) is 61.7 Å². The molecule has 4 atom stereocenters. The molecule has 178 valence electrons. The molecule has 0 radical (unpaired) electrons. The first-order valence-corrected chi connectivity index (χ1v) is 11.7. The van der Waals surface area contributed by atoms with E-state index in [1.807, 2.05) is 30.3 Å². The number of esters is 1. The zero-order valence-corrected chi connectivity index (χ0v) is 20.1. The molecule has 0 spiro atoms. The average Bonchev–Trinajstić information content (AvgIpc) is 2.81. The van der Waals surface area contributed by atoms with Gasteiger partial charge in [-0.05, 0) is 31.1 Å². The van der Waals surface area contributed by atoms with Crippen LogP contribution in [0.4, 0.5) is 0 Å². The fourth-order valence-electron chi connectivity index (χ4n) is 3.67. The number of nitrogens with one attached hydrogen (secondary N) is 1. The van der Waals surface area contributed by atoms with Crippen LogP contribution in [0.15, 0.2) is 54.8 Å². The molecule has 0 saturated carbocycles. The second kappa shape index (κ2) is 9.70. The minimum absolute atomic E-state index is 0.172. The number of aliphatic hydroxyl groups is 1. The van der Waals surface area contributed by atoms with Gasteiger partial charge in [-0.2, -0.15) is 0 Å². The lowest BCUT2D eigenvalue weighted by atomic mass is 9.96. The number of rotatable bonds is 9. The van der Waals surface area contributed by atoms with Crippen molar-refractivity contribution in [3.05, 3.63) is 60.3 Å². The molecule has 0 aliphatic carbocycles. The third-order valence-electron chi connectivity index (χ3n) is 5.70. The van der Waals surface area contributed by atoms with Gasteiger partial charge in [0.05, 0.1) is 6.10 Å². The van der Waals surface area contributed by atoms with Gasteiger partial charge in [-0.25, -0.2) is 0 Å². The lowest BCUT2D eigenvalue weighted by molar-refractivity contribution is -0.189. The first-order valence-electron chi connectivity index (χ1n) is 10.7. The van der Waals surface area contributed by atoms with Crippen molar-refractivity contribution < 1.29 is 29.0 Å². The number of aliphatic hydroxyl groups excluding tert-OH is 1. The summed E-state index contributed by atoms with van der Waals surface area (Å²) in [6.07, 6.45) is 2.41. The van der Waals surface area contributed by atoms with Crippen LogP contribution >= 0.6 is 11.8 Å². The van der Waals surface area contributed by atoms with E-state index in [0.717, 1.165) is 17.3 Å². The summed E-state index contributed by atoms with van der Waals surface area (Å²) in [6, 6.07) is 9.36. The number of carbonyl (C=O) groups is 3. The van der Waals surface area contributed by atoms with E-state index in [1.165, 1.54) is 24.3 Å². The Balaban J connectivity index is 1.95. The summed E-state index contributed by atoms with van der Waals surface area (Å²) >= 11 is 1.10. The van der Waals surface area contributed by atoms with Crippen molar-refractivity contribution in [1.29, 1.82) is 0 Å². The molecule has 2 N–H and O–H groups in total. The van der Waals surface area contributed by atoms with Gasteiger partial charge < -0.3 is 19.9 Å². The minimum Gasteiger partial charge on any atom is -0.454 e. The highest BCUT2D eigenvalue weighted by atomic mass is 32.2. The molecule has 1 saturated heterocycles. The number of amides is 2. The molecule has 2 heterocycles. The average molecular weight is 475 g/mol. The van der Waals surface area contributed by atoms with Crippen LogP contribution in [0.5, 0.6) is 0 Å². The first-order chi connectivity index (χ1) is 15.6. The zero-order valence-electron chi connectivity index (χ0n) is 19.2. The van der Waals surface area contributed by atoms with Gasteiger partial charge in [0, 0.05) is 26.2 Å². The van der Waals surface area contributed by atoms with Crippen molar-refractivity contribution >= 4 is 29.5 Å². The number of hydrogen-bond acceptors (Lipinski definition) is 7. The summed E-state index contributed by atoms with van der Waals surface area (Å²) in [5, 5.41) is 12.1. The van der Waals surface area contributed by atoms with E-state index in [-0.39, 0.29) is 18.7 Å². The van der Waals surface area contributed by atoms with Gasteiger partial charge in [-0.1, -0.05) is 43.8 Å². The standard InChI is InChI=1S/C24H30N2O6S/c1-6-18(28)25-24(31-5)21(30)26-14-16(17(27)13-15-11-9-8-10-12-15)19(33-22(24)26)20(29)32-23(3,4)7-2/h7-12,14,17,19,22,27H,2,6,13H2,1,3-5H3,(H,25,28)/t17?,19?,22-,24?/m1/s1. The van der Waals surface area contributed by atoms with Crippen molar-refractivity contribution in [2.24, 2.45) is 0 Å². The van der Waals surface area contributed by atoms with E-state index in [2.05, 4.69) is 11.9 Å². The third-order valence-corrected chi connectivity index (χ3v) is 7.26. The number of hydrogen-bond donors (Lipinski definition) is 2. The van der Waals surface area contributed by atoms with Gasteiger partial charge in [0.25, 0.3) is 11.6 Å². The largest absolute Gasteiger partial charge is 0.454 e. The lowest BCUT2D eigenvalue weighted by Crippen LogP contribution is -2.79. The molecule has 1 fully saturated rings. The molecule has 0 aromatic heterocycles. The fourth-order valence-corrected chi connectivity index (χ4v) is 5.20. The summed E-state index contributed by atoms with van der Waals surface area (Å²) in [5.74, 6) is -1.39. The summed E-state index contributed by atoms with van der Waals surface area (Å²) in [5.41, 5.74) is -1.27. The van der Waals surface area contributed by atoms with E-state index in [9.17, 15) is 19.5 Å². The first kappa shape index (κ1) is 25.0. The maximum Gasteiger partial charge on any atom is 0.324 e. The van der Waals surface area contributed by atoms with Crippen molar-refractivity contribution in [3.63, 3.8) is 0 Å². The highest BCUT2D eigenvalue weighted by molar-refractivity contribution is 8.01. The number of ether oxygens (including phenoxy) is 2. The highest BCUT2D eigenvalue weighted by Crippen LogP contribution is 2.48. The molecule has 3 unspecified atom stereocenters. The van der Waals surface area contributed by atoms with Gasteiger partial charge >= 0.3 is 5.97 Å². The summed E-state index contributed by atoms with van der Waals surface area (Å²) < 4.78 is 11.1. The van der Waals surface area contributed by atoms with Crippen LogP contribution in [-0.4, -0.2) is 63.0 Å². The molecule has 2 amide bonds. The Bertz CT molecular complexity index is 963. The normalized spacial score (nSPS) is 25.3. The summed E-state index contributed by atoms with van der Waals surface area (Å²) in [6.45, 7) is 8.78. The quantitative estimate of drug-likeness (QED) is 0.244. The number of benzene rings is 1. The number of methoxy groups -OCH3 is 1. The molecule has 3 rings (SSSR count). The zero-order chi connectivity index (χ0) is 24.4. The van der Waals surface area contributed by atoms with Gasteiger partial charge in [0.2, 0.25) is 5.91 Å². The topological polar surface area (TPSA) is 105 Å². The monoisotopic (exact) mass is 474 g/mol. The Labute approximate surface area is 198 Å². The predicted molar refractivity (Wildman–Crippen MR) is 125 cm³/mol. The van der Waals surface area contributed by atoms with Gasteiger partial charge in [-0.15, -0.1) is 11.8 Å². The Morgan fingerprint density at radius 1 is 1.36 bits per heavy atom. The van der Waals surface area contributed by atoms with E-state index >= 15 is 0 Å². The summed E-state index contributed by atoms with van der Waals surface area (Å²) in [7, 11) is 1.34. The maximum atomic E-state index is 13.2. The van der Waals surface area contributed by atoms with E-state index in [0.29, 0.717) is 5.57 Å². The number of nitrogens with zero attached hydrogens (tertiary/aromatic N) is 1. The molecule has 2 aliphatic rings. The van der Waals surface area contributed by atoms with Crippen LogP contribution in [0.25, 0.3) is 0 Å². The Kier molecular flexibility index (Phi) is 7.36.